The van der Waals surface area contributed by atoms with Crippen LogP contribution in [0.2, 0.25) is 0 Å². The number of allylic oxidation sites excluding steroid dienone is 1. The molecule has 0 radical (unpaired) electrons. The number of fused-ring (bicyclic) bond motifs is 1. The lowest BCUT2D eigenvalue weighted by molar-refractivity contribution is -0.386. The minimum Gasteiger partial charge on any atom is -0.500 e. The number of aromatic nitrogens is 1. The SMILES string of the molecule is CCOC(=O)C1=C(C)N=c2s/c(=C\c3cc(OC)c(O)c([N+](=O)[O-])c3)c(=O)n2C1c1cccs1. The maximum Gasteiger partial charge on any atom is 0.338 e. The average Bonchev–Trinajstić information content (AvgIpc) is 3.42. The van der Waals surface area contributed by atoms with Crippen LogP contribution in [0.25, 0.3) is 6.08 Å². The lowest BCUT2D eigenvalue weighted by Crippen LogP contribution is -2.39. The Morgan fingerprint density at radius 2 is 2.18 bits per heavy atom. The number of rotatable bonds is 6. The first-order valence-corrected chi connectivity index (χ1v) is 11.7. The Bertz CT molecular complexity index is 1500. The predicted octanol–water partition coefficient (Wildman–Crippen LogP) is 2.48. The number of esters is 1. The molecule has 34 heavy (non-hydrogen) atoms. The average molecular weight is 502 g/mol. The molecule has 3 aromatic rings. The predicted molar refractivity (Wildman–Crippen MR) is 126 cm³/mol. The van der Waals surface area contributed by atoms with Gasteiger partial charge in [0.1, 0.15) is 6.04 Å². The zero-order chi connectivity index (χ0) is 24.6. The fourth-order valence-corrected chi connectivity index (χ4v) is 5.52. The summed E-state index contributed by atoms with van der Waals surface area (Å²) in [5, 5.41) is 23.2. The number of methoxy groups -OCH3 is 1. The monoisotopic (exact) mass is 501 g/mol. The van der Waals surface area contributed by atoms with Crippen molar-refractivity contribution in [2.75, 3.05) is 13.7 Å². The van der Waals surface area contributed by atoms with Crippen LogP contribution in [0, 0.1) is 10.1 Å². The highest BCUT2D eigenvalue weighted by Crippen LogP contribution is 2.37. The van der Waals surface area contributed by atoms with Crippen LogP contribution in [0.4, 0.5) is 5.69 Å². The van der Waals surface area contributed by atoms with Gasteiger partial charge >= 0.3 is 11.7 Å². The van der Waals surface area contributed by atoms with E-state index in [1.165, 1.54) is 35.2 Å². The van der Waals surface area contributed by atoms with Crippen molar-refractivity contribution in [2.24, 2.45) is 4.99 Å². The van der Waals surface area contributed by atoms with E-state index < -0.39 is 33.9 Å². The molecule has 1 atom stereocenters. The number of hydrogen-bond donors (Lipinski definition) is 1. The summed E-state index contributed by atoms with van der Waals surface area (Å²) in [5.74, 6) is -1.24. The third-order valence-electron chi connectivity index (χ3n) is 5.12. The first kappa shape index (κ1) is 23.4. The van der Waals surface area contributed by atoms with Crippen LogP contribution < -0.4 is 19.6 Å². The van der Waals surface area contributed by atoms with E-state index >= 15 is 0 Å². The van der Waals surface area contributed by atoms with Crippen LogP contribution in [0.3, 0.4) is 0 Å². The fraction of sp³-hybridized carbons (Fsp3) is 0.227. The van der Waals surface area contributed by atoms with E-state index in [2.05, 4.69) is 4.99 Å². The second-order valence-corrected chi connectivity index (χ2v) is 9.15. The number of aromatic hydroxyl groups is 1. The standard InChI is InChI=1S/C22H19N3O7S2/c1-4-32-21(28)17-11(2)23-22-24(18(17)15-6-5-7-33-15)20(27)16(34-22)10-12-8-13(25(29)30)19(26)14(9-12)31-3/h5-10,18,26H,4H2,1-3H3/b16-10-. The number of carbonyl (C=O) groups excluding carboxylic acids is 1. The Labute approximate surface area is 200 Å². The lowest BCUT2D eigenvalue weighted by Gasteiger charge is -2.23. The van der Waals surface area contributed by atoms with Crippen LogP contribution in [0.1, 0.15) is 30.3 Å². The molecule has 0 saturated carbocycles. The summed E-state index contributed by atoms with van der Waals surface area (Å²) in [6.07, 6.45) is 1.47. The number of thiophene rings is 1. The maximum atomic E-state index is 13.5. The van der Waals surface area contributed by atoms with Crippen molar-refractivity contribution in [2.45, 2.75) is 19.9 Å². The molecule has 1 aliphatic heterocycles. The van der Waals surface area contributed by atoms with Gasteiger partial charge in [-0.1, -0.05) is 17.4 Å². The Morgan fingerprint density at radius 3 is 2.79 bits per heavy atom. The van der Waals surface area contributed by atoms with Gasteiger partial charge in [0, 0.05) is 10.9 Å². The molecule has 10 nitrogen and oxygen atoms in total. The summed E-state index contributed by atoms with van der Waals surface area (Å²) in [4.78, 5) is 42.5. The summed E-state index contributed by atoms with van der Waals surface area (Å²) in [5.41, 5.74) is 0.0684. The summed E-state index contributed by atoms with van der Waals surface area (Å²) < 4.78 is 12.0. The van der Waals surface area contributed by atoms with Crippen LogP contribution in [0.5, 0.6) is 11.5 Å². The molecule has 176 valence electrons. The van der Waals surface area contributed by atoms with Crippen LogP contribution in [-0.4, -0.2) is 34.3 Å². The minimum atomic E-state index is -0.734. The highest BCUT2D eigenvalue weighted by atomic mass is 32.1. The molecule has 0 bridgehead atoms. The number of phenols is 1. The zero-order valence-corrected chi connectivity index (χ0v) is 19.9. The van der Waals surface area contributed by atoms with Gasteiger partial charge in [0.05, 0.1) is 34.4 Å². The number of nitro groups is 1. The molecule has 1 N–H and O–H groups in total. The highest BCUT2D eigenvalue weighted by Gasteiger charge is 2.34. The fourth-order valence-electron chi connectivity index (χ4n) is 3.65. The molecule has 12 heteroatoms. The van der Waals surface area contributed by atoms with Gasteiger partial charge in [-0.25, -0.2) is 9.79 Å². The van der Waals surface area contributed by atoms with Crippen LogP contribution in [-0.2, 0) is 9.53 Å². The van der Waals surface area contributed by atoms with Crippen molar-refractivity contribution in [1.29, 1.82) is 0 Å². The van der Waals surface area contributed by atoms with E-state index in [9.17, 15) is 24.8 Å². The second kappa shape index (κ2) is 9.23. The number of nitrogens with zero attached hydrogens (tertiary/aromatic N) is 3. The summed E-state index contributed by atoms with van der Waals surface area (Å²) in [6, 6.07) is 5.50. The van der Waals surface area contributed by atoms with E-state index in [1.807, 2.05) is 17.5 Å². The van der Waals surface area contributed by atoms with Crippen LogP contribution in [0.15, 0.2) is 50.7 Å². The zero-order valence-electron chi connectivity index (χ0n) is 18.3. The Kier molecular flexibility index (Phi) is 6.35. The normalized spacial score (nSPS) is 15.6. The van der Waals surface area contributed by atoms with E-state index in [1.54, 1.807) is 13.8 Å². The quantitative estimate of drug-likeness (QED) is 0.312. The molecule has 0 saturated heterocycles. The topological polar surface area (TPSA) is 133 Å². The Hall–Kier alpha value is -3.77. The molecule has 2 aromatic heterocycles. The third-order valence-corrected chi connectivity index (χ3v) is 7.03. The van der Waals surface area contributed by atoms with Gasteiger partial charge in [-0.3, -0.25) is 19.5 Å². The van der Waals surface area contributed by atoms with E-state index in [4.69, 9.17) is 9.47 Å². The smallest absolute Gasteiger partial charge is 0.338 e. The van der Waals surface area contributed by atoms with Crippen molar-refractivity contribution in [1.82, 2.24) is 4.57 Å². The third kappa shape index (κ3) is 4.01. The molecule has 0 amide bonds. The number of benzene rings is 1. The first-order valence-electron chi connectivity index (χ1n) is 10.0. The molecular weight excluding hydrogens is 482 g/mol. The van der Waals surface area contributed by atoms with Gasteiger partial charge in [-0.2, -0.15) is 0 Å². The largest absolute Gasteiger partial charge is 0.500 e. The molecule has 4 rings (SSSR count). The number of hydrogen-bond acceptors (Lipinski definition) is 10. The summed E-state index contributed by atoms with van der Waals surface area (Å²) >= 11 is 2.49. The Balaban J connectivity index is 1.94. The second-order valence-electron chi connectivity index (χ2n) is 7.17. The van der Waals surface area contributed by atoms with Gasteiger partial charge in [-0.05, 0) is 43.0 Å². The van der Waals surface area contributed by atoms with E-state index in [0.717, 1.165) is 22.3 Å². The molecule has 0 spiro atoms. The summed E-state index contributed by atoms with van der Waals surface area (Å²) in [6.45, 7) is 3.57. The van der Waals surface area contributed by atoms with Crippen molar-refractivity contribution in [3.8, 4) is 11.5 Å². The van der Waals surface area contributed by atoms with Gasteiger partial charge in [-0.15, -0.1) is 11.3 Å². The molecule has 1 aromatic carbocycles. The number of phenolic OH excluding ortho intramolecular Hbond substituents is 1. The van der Waals surface area contributed by atoms with E-state index in [0.29, 0.717) is 16.1 Å². The summed E-state index contributed by atoms with van der Waals surface area (Å²) in [7, 11) is 1.27. The van der Waals surface area contributed by atoms with Gasteiger partial charge in [0.2, 0.25) is 5.75 Å². The van der Waals surface area contributed by atoms with Gasteiger partial charge in [0.15, 0.2) is 10.6 Å². The number of thiazole rings is 1. The number of ether oxygens (including phenoxy) is 2. The lowest BCUT2D eigenvalue weighted by atomic mass is 10.0. The van der Waals surface area contributed by atoms with Crippen molar-refractivity contribution in [3.05, 3.63) is 81.2 Å². The molecule has 0 fully saturated rings. The van der Waals surface area contributed by atoms with Crippen molar-refractivity contribution < 1.29 is 24.3 Å². The van der Waals surface area contributed by atoms with Crippen molar-refractivity contribution >= 4 is 40.4 Å². The van der Waals surface area contributed by atoms with Gasteiger partial charge < -0.3 is 14.6 Å². The number of nitro benzene ring substituents is 1. The van der Waals surface area contributed by atoms with Crippen molar-refractivity contribution in [3.63, 3.8) is 0 Å². The Morgan fingerprint density at radius 1 is 1.41 bits per heavy atom. The highest BCUT2D eigenvalue weighted by molar-refractivity contribution is 7.10. The molecule has 0 aliphatic carbocycles. The van der Waals surface area contributed by atoms with E-state index in [-0.39, 0.29) is 22.5 Å². The molecule has 1 unspecified atom stereocenters. The molecule has 3 heterocycles. The molecule has 1 aliphatic rings. The van der Waals surface area contributed by atoms with Gasteiger partial charge in [0.25, 0.3) is 5.56 Å². The maximum absolute atomic E-state index is 13.5. The number of carbonyl (C=O) groups is 1. The minimum absolute atomic E-state index is 0.0925. The first-order chi connectivity index (χ1) is 16.3. The van der Waals surface area contributed by atoms with Crippen LogP contribution >= 0.6 is 22.7 Å². The molecular formula is C22H19N3O7S2.